The smallest absolute Gasteiger partial charge is 0.244 e. The molecule has 1 aliphatic heterocycles. The summed E-state index contributed by atoms with van der Waals surface area (Å²) in [5, 5.41) is 11.1. The molecule has 108 valence electrons. The van der Waals surface area contributed by atoms with Crippen LogP contribution in [0.15, 0.2) is 4.52 Å². The van der Waals surface area contributed by atoms with Crippen molar-refractivity contribution < 1.29 is 4.52 Å². The van der Waals surface area contributed by atoms with Crippen LogP contribution in [0.3, 0.4) is 0 Å². The second kappa shape index (κ2) is 5.32. The molecule has 0 bridgehead atoms. The van der Waals surface area contributed by atoms with Crippen LogP contribution in [0, 0.1) is 6.92 Å². The molecule has 0 amide bonds. The second-order valence-electron chi connectivity index (χ2n) is 5.61. The Morgan fingerprint density at radius 2 is 2.25 bits per heavy atom. The number of aromatic amines is 1. The van der Waals surface area contributed by atoms with Crippen LogP contribution in [-0.2, 0) is 6.54 Å². The third kappa shape index (κ3) is 2.58. The van der Waals surface area contributed by atoms with Gasteiger partial charge in [-0.05, 0) is 26.3 Å². The quantitative estimate of drug-likeness (QED) is 0.919. The van der Waals surface area contributed by atoms with Gasteiger partial charge in [-0.15, -0.1) is 0 Å². The predicted molar refractivity (Wildman–Crippen MR) is 71.9 cm³/mol. The molecule has 0 spiro atoms. The van der Waals surface area contributed by atoms with Gasteiger partial charge in [-0.25, -0.2) is 4.98 Å². The van der Waals surface area contributed by atoms with Gasteiger partial charge >= 0.3 is 0 Å². The predicted octanol–water partition coefficient (Wildman–Crippen LogP) is 1.96. The lowest BCUT2D eigenvalue weighted by molar-refractivity contribution is 0.197. The Bertz CT molecular complexity index is 575. The summed E-state index contributed by atoms with van der Waals surface area (Å²) in [6.45, 7) is 7.77. The van der Waals surface area contributed by atoms with E-state index >= 15 is 0 Å². The first-order valence-electron chi connectivity index (χ1n) is 7.09. The van der Waals surface area contributed by atoms with Crippen LogP contribution in [0.2, 0.25) is 0 Å². The summed E-state index contributed by atoms with van der Waals surface area (Å²) >= 11 is 0. The molecule has 2 aromatic heterocycles. The highest BCUT2D eigenvalue weighted by Gasteiger charge is 2.31. The fourth-order valence-electron chi connectivity index (χ4n) is 2.55. The second-order valence-corrected chi connectivity index (χ2v) is 5.61. The van der Waals surface area contributed by atoms with Gasteiger partial charge < -0.3 is 4.52 Å². The minimum atomic E-state index is 0.189. The largest absolute Gasteiger partial charge is 0.338 e. The van der Waals surface area contributed by atoms with E-state index < -0.39 is 0 Å². The zero-order chi connectivity index (χ0) is 14.1. The molecule has 1 N–H and O–H groups in total. The maximum Gasteiger partial charge on any atom is 0.244 e. The lowest BCUT2D eigenvalue weighted by Crippen LogP contribution is -2.23. The Balaban J connectivity index is 1.74. The van der Waals surface area contributed by atoms with Gasteiger partial charge in [-0.3, -0.25) is 10.00 Å². The number of nitrogens with one attached hydrogen (secondary N) is 1. The highest BCUT2D eigenvalue weighted by Crippen LogP contribution is 2.32. The van der Waals surface area contributed by atoms with E-state index in [1.165, 1.54) is 0 Å². The zero-order valence-electron chi connectivity index (χ0n) is 12.1. The summed E-state index contributed by atoms with van der Waals surface area (Å²) in [6, 6.07) is 0.189. The van der Waals surface area contributed by atoms with Gasteiger partial charge in [0.2, 0.25) is 5.89 Å². The van der Waals surface area contributed by atoms with Crippen molar-refractivity contribution in [3.05, 3.63) is 23.4 Å². The summed E-state index contributed by atoms with van der Waals surface area (Å²) < 4.78 is 5.43. The summed E-state index contributed by atoms with van der Waals surface area (Å²) in [5.41, 5.74) is 0. The van der Waals surface area contributed by atoms with Crippen LogP contribution in [0.5, 0.6) is 0 Å². The van der Waals surface area contributed by atoms with Crippen molar-refractivity contribution in [2.75, 3.05) is 6.54 Å². The van der Waals surface area contributed by atoms with Gasteiger partial charge in [0.25, 0.3) is 0 Å². The number of rotatable bonds is 4. The Morgan fingerprint density at radius 3 is 2.90 bits per heavy atom. The van der Waals surface area contributed by atoms with Gasteiger partial charge in [-0.1, -0.05) is 19.0 Å². The van der Waals surface area contributed by atoms with Gasteiger partial charge in [0.05, 0.1) is 12.6 Å². The molecule has 20 heavy (non-hydrogen) atoms. The van der Waals surface area contributed by atoms with E-state index in [1.807, 2.05) is 6.92 Å². The molecule has 0 radical (unpaired) electrons. The molecule has 2 aromatic rings. The van der Waals surface area contributed by atoms with Crippen molar-refractivity contribution in [1.29, 1.82) is 0 Å². The topological polar surface area (TPSA) is 83.7 Å². The van der Waals surface area contributed by atoms with Crippen molar-refractivity contribution >= 4 is 0 Å². The van der Waals surface area contributed by atoms with Crippen molar-refractivity contribution in [1.82, 2.24) is 30.2 Å². The van der Waals surface area contributed by atoms with E-state index in [4.69, 9.17) is 4.52 Å². The number of aryl methyl sites for hydroxylation is 1. The van der Waals surface area contributed by atoms with Crippen LogP contribution >= 0.6 is 0 Å². The Labute approximate surface area is 117 Å². The van der Waals surface area contributed by atoms with E-state index in [2.05, 4.69) is 44.1 Å². The van der Waals surface area contributed by atoms with Crippen LogP contribution < -0.4 is 0 Å². The molecule has 1 fully saturated rings. The minimum Gasteiger partial charge on any atom is -0.338 e. The molecule has 0 aromatic carbocycles. The molecule has 3 rings (SSSR count). The van der Waals surface area contributed by atoms with Crippen molar-refractivity contribution in [2.24, 2.45) is 0 Å². The number of likely N-dealkylation sites (tertiary alicyclic amines) is 1. The maximum absolute atomic E-state index is 5.43. The van der Waals surface area contributed by atoms with Crippen LogP contribution in [0.25, 0.3) is 0 Å². The third-order valence-electron chi connectivity index (χ3n) is 3.61. The average molecular weight is 276 g/mol. The molecule has 7 heteroatoms. The van der Waals surface area contributed by atoms with E-state index in [0.717, 1.165) is 42.8 Å². The first-order chi connectivity index (χ1) is 9.63. The van der Waals surface area contributed by atoms with Crippen LogP contribution in [-0.4, -0.2) is 36.8 Å². The standard InChI is InChI=1S/C13H20N6O/c1-8(2)12-15-13(20-18-12)10-5-4-6-19(10)7-11-14-9(3)16-17-11/h8,10H,4-7H2,1-3H3,(H,14,16,17)/t10-/m0/s1. The summed E-state index contributed by atoms with van der Waals surface area (Å²) in [7, 11) is 0. The fourth-order valence-corrected chi connectivity index (χ4v) is 2.55. The first-order valence-corrected chi connectivity index (χ1v) is 7.09. The Hall–Kier alpha value is -1.76. The van der Waals surface area contributed by atoms with E-state index in [9.17, 15) is 0 Å². The molecular weight excluding hydrogens is 256 g/mol. The summed E-state index contributed by atoms with van der Waals surface area (Å²) in [4.78, 5) is 11.2. The number of aromatic nitrogens is 5. The summed E-state index contributed by atoms with van der Waals surface area (Å²) in [6.07, 6.45) is 2.18. The van der Waals surface area contributed by atoms with Crippen LogP contribution in [0.1, 0.15) is 62.0 Å². The number of hydrogen-bond donors (Lipinski definition) is 1. The molecule has 0 saturated carbocycles. The maximum atomic E-state index is 5.43. The SMILES string of the molecule is Cc1nc(CN2CCC[C@H]2c2nc(C(C)C)no2)n[nH]1. The van der Waals surface area contributed by atoms with E-state index in [-0.39, 0.29) is 12.0 Å². The van der Waals surface area contributed by atoms with E-state index in [0.29, 0.717) is 6.54 Å². The highest BCUT2D eigenvalue weighted by molar-refractivity contribution is 5.00. The van der Waals surface area contributed by atoms with Gasteiger partial charge in [-0.2, -0.15) is 10.1 Å². The molecule has 3 heterocycles. The molecule has 0 unspecified atom stereocenters. The monoisotopic (exact) mass is 276 g/mol. The third-order valence-corrected chi connectivity index (χ3v) is 3.61. The average Bonchev–Trinajstić information content (AvgIpc) is 3.10. The Kier molecular flexibility index (Phi) is 3.52. The molecular formula is C13H20N6O. The van der Waals surface area contributed by atoms with Gasteiger partial charge in [0.15, 0.2) is 11.6 Å². The van der Waals surface area contributed by atoms with Crippen LogP contribution in [0.4, 0.5) is 0 Å². The molecule has 1 atom stereocenters. The van der Waals surface area contributed by atoms with Crippen molar-refractivity contribution in [3.63, 3.8) is 0 Å². The molecule has 0 aliphatic carbocycles. The molecule has 1 saturated heterocycles. The highest BCUT2D eigenvalue weighted by atomic mass is 16.5. The number of hydrogen-bond acceptors (Lipinski definition) is 6. The minimum absolute atomic E-state index is 0.189. The van der Waals surface area contributed by atoms with E-state index in [1.54, 1.807) is 0 Å². The summed E-state index contributed by atoms with van der Waals surface area (Å²) in [5.74, 6) is 3.45. The lowest BCUT2D eigenvalue weighted by atomic mass is 10.2. The Morgan fingerprint density at radius 1 is 1.40 bits per heavy atom. The van der Waals surface area contributed by atoms with Crippen molar-refractivity contribution in [2.45, 2.75) is 52.1 Å². The molecule has 7 nitrogen and oxygen atoms in total. The molecule has 1 aliphatic rings. The zero-order valence-corrected chi connectivity index (χ0v) is 12.1. The number of H-pyrrole nitrogens is 1. The van der Waals surface area contributed by atoms with Gasteiger partial charge in [0, 0.05) is 5.92 Å². The van der Waals surface area contributed by atoms with Crippen molar-refractivity contribution in [3.8, 4) is 0 Å². The number of nitrogens with zero attached hydrogens (tertiary/aromatic N) is 5. The first kappa shape index (κ1) is 13.2. The normalized spacial score (nSPS) is 20.1. The lowest BCUT2D eigenvalue weighted by Gasteiger charge is -2.19. The van der Waals surface area contributed by atoms with Gasteiger partial charge in [0.1, 0.15) is 5.82 Å². The fraction of sp³-hybridized carbons (Fsp3) is 0.692.